The van der Waals surface area contributed by atoms with Gasteiger partial charge >= 0.3 is 0 Å². The minimum Gasteiger partial charge on any atom is -0.307 e. The summed E-state index contributed by atoms with van der Waals surface area (Å²) < 4.78 is 16.4. The van der Waals surface area contributed by atoms with Crippen LogP contribution in [0, 0.1) is 61.2 Å². The van der Waals surface area contributed by atoms with Gasteiger partial charge in [0, 0.05) is 40.4 Å². The van der Waals surface area contributed by atoms with Gasteiger partial charge in [-0.2, -0.15) is 0 Å². The van der Waals surface area contributed by atoms with E-state index in [0.29, 0.717) is 28.6 Å². The maximum atomic E-state index is 16.4. The number of halogens is 1. The predicted molar refractivity (Wildman–Crippen MR) is 215 cm³/mol. The Kier molecular flexibility index (Phi) is 8.49. The first-order valence-electron chi connectivity index (χ1n) is 18.1. The second-order valence-corrected chi connectivity index (χ2v) is 14.3. The summed E-state index contributed by atoms with van der Waals surface area (Å²) in [6.45, 7) is 17.8. The summed E-state index contributed by atoms with van der Waals surface area (Å²) in [7, 11) is 0. The second kappa shape index (κ2) is 13.2. The molecule has 0 N–H and O–H groups in total. The van der Waals surface area contributed by atoms with E-state index in [1.165, 1.54) is 61.7 Å². The minimum atomic E-state index is -0.333. The molecule has 6 heteroatoms. The van der Waals surface area contributed by atoms with Crippen LogP contribution in [0.5, 0.6) is 0 Å². The molecule has 0 amide bonds. The third-order valence-corrected chi connectivity index (χ3v) is 11.6. The van der Waals surface area contributed by atoms with Gasteiger partial charge in [0.15, 0.2) is 17.5 Å². The minimum absolute atomic E-state index is 0.333. The Labute approximate surface area is 311 Å². The zero-order valence-corrected chi connectivity index (χ0v) is 31.6. The van der Waals surface area contributed by atoms with E-state index in [1.807, 2.05) is 79.0 Å². The Morgan fingerprint density at radius 1 is 0.491 bits per heavy atom. The number of aromatic nitrogens is 4. The van der Waals surface area contributed by atoms with Crippen LogP contribution in [0.3, 0.4) is 0 Å². The Morgan fingerprint density at radius 3 is 1.47 bits per heavy atom. The van der Waals surface area contributed by atoms with Gasteiger partial charge in [-0.1, -0.05) is 60.7 Å². The van der Waals surface area contributed by atoms with Gasteiger partial charge < -0.3 is 4.90 Å². The molecule has 3 heterocycles. The Balaban J connectivity index is 1.37. The summed E-state index contributed by atoms with van der Waals surface area (Å²) >= 11 is 0. The molecule has 0 spiro atoms. The third kappa shape index (κ3) is 5.61. The highest BCUT2D eigenvalue weighted by Gasteiger charge is 2.34. The van der Waals surface area contributed by atoms with E-state index in [4.69, 9.17) is 15.0 Å². The van der Waals surface area contributed by atoms with E-state index >= 15 is 4.39 Å². The van der Waals surface area contributed by atoms with E-state index in [1.54, 1.807) is 12.3 Å². The van der Waals surface area contributed by atoms with Crippen molar-refractivity contribution in [2.24, 2.45) is 0 Å². The van der Waals surface area contributed by atoms with Crippen LogP contribution in [0.2, 0.25) is 0 Å². The molecule has 0 radical (unpaired) electrons. The van der Waals surface area contributed by atoms with Gasteiger partial charge in [0.25, 0.3) is 0 Å². The van der Waals surface area contributed by atoms with Crippen LogP contribution < -0.4 is 4.90 Å². The van der Waals surface area contributed by atoms with Gasteiger partial charge in [-0.05, 0) is 135 Å². The van der Waals surface area contributed by atoms with E-state index in [9.17, 15) is 0 Å². The number of hydrogen-bond donors (Lipinski definition) is 0. The summed E-state index contributed by atoms with van der Waals surface area (Å²) in [6, 6.07) is 26.8. The molecular weight excluding hydrogens is 654 g/mol. The fourth-order valence-electron chi connectivity index (χ4n) is 7.91. The van der Waals surface area contributed by atoms with E-state index in [-0.39, 0.29) is 5.82 Å². The number of hydrogen-bond acceptors (Lipinski definition) is 5. The van der Waals surface area contributed by atoms with Crippen molar-refractivity contribution in [1.29, 1.82) is 0 Å². The normalized spacial score (nSPS) is 12.1. The van der Waals surface area contributed by atoms with E-state index in [2.05, 4.69) is 65.3 Å². The SMILES string of the molecule is Cc1c(C)c(C)c2c(c1C)Cc1c(C)c(C)c(C)c(C)c1N2c1cnccc1-c1cc(-c2nc(-c3ccccc3)nc(-c3ccccc3)n2)ccc1F. The molecule has 0 saturated carbocycles. The predicted octanol–water partition coefficient (Wildman–Crippen LogP) is 11.9. The number of anilines is 3. The number of nitrogens with zero attached hydrogens (tertiary/aromatic N) is 5. The fourth-order valence-corrected chi connectivity index (χ4v) is 7.91. The van der Waals surface area contributed by atoms with Crippen molar-refractivity contribution in [2.45, 2.75) is 61.8 Å². The van der Waals surface area contributed by atoms with Crippen LogP contribution in [0.4, 0.5) is 21.5 Å². The molecule has 0 saturated heterocycles. The average molecular weight is 696 g/mol. The molecule has 5 aromatic carbocycles. The zero-order chi connectivity index (χ0) is 37.1. The quantitative estimate of drug-likeness (QED) is 0.179. The average Bonchev–Trinajstić information content (AvgIpc) is 3.20. The van der Waals surface area contributed by atoms with Crippen molar-refractivity contribution >= 4 is 17.1 Å². The van der Waals surface area contributed by atoms with Crippen LogP contribution in [0.1, 0.15) is 55.6 Å². The van der Waals surface area contributed by atoms with Crippen LogP contribution in [0.25, 0.3) is 45.3 Å². The first-order valence-corrected chi connectivity index (χ1v) is 18.1. The fraction of sp³-hybridized carbons (Fsp3) is 0.191. The monoisotopic (exact) mass is 695 g/mol. The Morgan fingerprint density at radius 2 is 0.962 bits per heavy atom. The lowest BCUT2D eigenvalue weighted by Gasteiger charge is -2.40. The topological polar surface area (TPSA) is 54.8 Å². The highest BCUT2D eigenvalue weighted by molar-refractivity contribution is 5.95. The summed E-state index contributed by atoms with van der Waals surface area (Å²) in [5, 5.41) is 0. The van der Waals surface area contributed by atoms with Crippen LogP contribution >= 0.6 is 0 Å². The number of fused-ring (bicyclic) bond motifs is 2. The van der Waals surface area contributed by atoms with Crippen molar-refractivity contribution in [3.63, 3.8) is 0 Å². The Hall–Kier alpha value is -6.01. The van der Waals surface area contributed by atoms with Crippen molar-refractivity contribution in [2.75, 3.05) is 4.90 Å². The standard InChI is InChI=1S/C47H42FN5/c1-26-28(3)32(7)43-38(30(26)5)24-39-31(6)27(2)29(4)33(8)44(39)53(43)42-25-49-22-21-37(42)40-23-36(19-20-41(40)48)47-51-45(34-15-11-9-12-16-34)50-46(52-47)35-17-13-10-14-18-35/h9-23,25H,24H2,1-8H3. The second-order valence-electron chi connectivity index (χ2n) is 14.3. The van der Waals surface area contributed by atoms with Gasteiger partial charge in [-0.15, -0.1) is 0 Å². The molecule has 8 rings (SSSR count). The third-order valence-electron chi connectivity index (χ3n) is 11.6. The van der Waals surface area contributed by atoms with Gasteiger partial charge in [0.05, 0.1) is 23.3 Å². The van der Waals surface area contributed by atoms with E-state index < -0.39 is 0 Å². The van der Waals surface area contributed by atoms with Crippen LogP contribution in [0.15, 0.2) is 97.3 Å². The molecule has 0 fully saturated rings. The highest BCUT2D eigenvalue weighted by Crippen LogP contribution is 2.53. The molecule has 0 bridgehead atoms. The van der Waals surface area contributed by atoms with Gasteiger partial charge in [-0.25, -0.2) is 19.3 Å². The zero-order valence-electron chi connectivity index (χ0n) is 31.6. The molecule has 53 heavy (non-hydrogen) atoms. The van der Waals surface area contributed by atoms with Crippen molar-refractivity contribution in [3.05, 3.63) is 159 Å². The molecule has 1 aliphatic heterocycles. The summed E-state index contributed by atoms with van der Waals surface area (Å²) in [5.41, 5.74) is 19.6. The van der Waals surface area contributed by atoms with E-state index in [0.717, 1.165) is 40.2 Å². The van der Waals surface area contributed by atoms with Gasteiger partial charge in [0.2, 0.25) is 0 Å². The maximum absolute atomic E-state index is 16.4. The maximum Gasteiger partial charge on any atom is 0.164 e. The first-order chi connectivity index (χ1) is 25.5. The number of pyridine rings is 1. The summed E-state index contributed by atoms with van der Waals surface area (Å²) in [6.07, 6.45) is 4.48. The molecule has 1 aliphatic rings. The van der Waals surface area contributed by atoms with Crippen LogP contribution in [-0.2, 0) is 6.42 Å². The summed E-state index contributed by atoms with van der Waals surface area (Å²) in [5.74, 6) is 1.25. The van der Waals surface area contributed by atoms with Crippen molar-refractivity contribution in [3.8, 4) is 45.3 Å². The van der Waals surface area contributed by atoms with Gasteiger partial charge in [-0.3, -0.25) is 4.98 Å². The lowest BCUT2D eigenvalue weighted by molar-refractivity contribution is 0.631. The van der Waals surface area contributed by atoms with Crippen LogP contribution in [-0.4, -0.2) is 19.9 Å². The molecular formula is C47H42FN5. The molecule has 262 valence electrons. The smallest absolute Gasteiger partial charge is 0.164 e. The lowest BCUT2D eigenvalue weighted by atomic mass is 9.80. The molecule has 2 aromatic heterocycles. The Bertz CT molecular complexity index is 2450. The largest absolute Gasteiger partial charge is 0.307 e. The molecule has 7 aromatic rings. The number of rotatable bonds is 5. The first kappa shape index (κ1) is 34.1. The molecule has 0 aliphatic carbocycles. The lowest BCUT2D eigenvalue weighted by Crippen LogP contribution is -2.25. The summed E-state index contributed by atoms with van der Waals surface area (Å²) in [4.78, 5) is 21.8. The highest BCUT2D eigenvalue weighted by atomic mass is 19.1. The molecule has 0 unspecified atom stereocenters. The molecule has 0 atom stereocenters. The van der Waals surface area contributed by atoms with Crippen molar-refractivity contribution in [1.82, 2.24) is 19.9 Å². The molecule has 5 nitrogen and oxygen atoms in total. The number of benzene rings is 5. The van der Waals surface area contributed by atoms with Gasteiger partial charge in [0.1, 0.15) is 5.82 Å². The van der Waals surface area contributed by atoms with Crippen molar-refractivity contribution < 1.29 is 4.39 Å².